The highest BCUT2D eigenvalue weighted by Crippen LogP contribution is 2.41. The molecule has 1 aliphatic heterocycles. The Hall–Kier alpha value is -1.17. The van der Waals surface area contributed by atoms with E-state index in [4.69, 9.17) is 0 Å². The Labute approximate surface area is 155 Å². The minimum Gasteiger partial charge on any atom is -0.275 e. The molecule has 0 atom stereocenters. The van der Waals surface area contributed by atoms with Gasteiger partial charge in [-0.25, -0.2) is 0 Å². The number of nitrogens with zero attached hydrogens (tertiary/aromatic N) is 1. The summed E-state index contributed by atoms with van der Waals surface area (Å²) in [5, 5.41) is 2.98. The van der Waals surface area contributed by atoms with Gasteiger partial charge in [-0.2, -0.15) is 0 Å². The molecule has 1 aliphatic rings. The van der Waals surface area contributed by atoms with Crippen LogP contribution in [0.2, 0.25) is 0 Å². The van der Waals surface area contributed by atoms with Crippen LogP contribution >= 0.6 is 8.07 Å². The number of hydrogen-bond donors (Lipinski definition) is 0. The molecular weight excluding hydrogens is 321 g/mol. The van der Waals surface area contributed by atoms with Crippen LogP contribution in [0.4, 0.5) is 0 Å². The predicted molar refractivity (Wildman–Crippen MR) is 112 cm³/mol. The average Bonchev–Trinajstić information content (AvgIpc) is 2.68. The molecule has 1 saturated heterocycles. The van der Waals surface area contributed by atoms with Crippen LogP contribution in [0.5, 0.6) is 0 Å². The average molecular weight is 353 g/mol. The summed E-state index contributed by atoms with van der Waals surface area (Å²) in [6.07, 6.45) is 9.82. The van der Waals surface area contributed by atoms with Gasteiger partial charge in [-0.05, 0) is 29.4 Å². The number of benzene rings is 2. The van der Waals surface area contributed by atoms with E-state index in [0.717, 1.165) is 5.92 Å². The first-order chi connectivity index (χ1) is 12.4. The van der Waals surface area contributed by atoms with Crippen LogP contribution in [0, 0.1) is 5.92 Å². The molecule has 0 radical (unpaired) electrons. The second-order valence-electron chi connectivity index (χ2n) is 7.23. The number of piperidine rings is 1. The first-order valence-corrected chi connectivity index (χ1v) is 11.3. The molecule has 134 valence electrons. The molecule has 1 fully saturated rings. The standard InChI is InChI=1S/C23H32NP/c1-2-3-4-7-12-21-17-19-24(20-18-21)25(22-13-8-5-9-14-22)23-15-10-6-11-16-23/h5-6,8-11,13-16,21H,2-4,7,12,17-20H2,1H3. The van der Waals surface area contributed by atoms with E-state index in [0.29, 0.717) is 0 Å². The molecule has 2 heteroatoms. The fraction of sp³-hybridized carbons (Fsp3) is 0.478. The van der Waals surface area contributed by atoms with Crippen LogP contribution in [0.1, 0.15) is 51.9 Å². The van der Waals surface area contributed by atoms with E-state index < -0.39 is 0 Å². The van der Waals surface area contributed by atoms with Gasteiger partial charge < -0.3 is 0 Å². The third kappa shape index (κ3) is 5.40. The molecule has 0 saturated carbocycles. The van der Waals surface area contributed by atoms with Crippen molar-refractivity contribution in [2.24, 2.45) is 5.92 Å². The van der Waals surface area contributed by atoms with Crippen molar-refractivity contribution in [3.05, 3.63) is 60.7 Å². The summed E-state index contributed by atoms with van der Waals surface area (Å²) >= 11 is 0. The molecule has 1 nitrogen and oxygen atoms in total. The first-order valence-electron chi connectivity index (χ1n) is 10.0. The summed E-state index contributed by atoms with van der Waals surface area (Å²) in [5.41, 5.74) is 0. The van der Waals surface area contributed by atoms with Gasteiger partial charge >= 0.3 is 0 Å². The predicted octanol–water partition coefficient (Wildman–Crippen LogP) is 5.72. The Morgan fingerprint density at radius 1 is 0.800 bits per heavy atom. The van der Waals surface area contributed by atoms with Crippen molar-refractivity contribution in [2.45, 2.75) is 51.9 Å². The van der Waals surface area contributed by atoms with Gasteiger partial charge in [-0.1, -0.05) is 99.7 Å². The van der Waals surface area contributed by atoms with E-state index in [1.165, 1.54) is 68.6 Å². The fourth-order valence-electron chi connectivity index (χ4n) is 3.88. The van der Waals surface area contributed by atoms with Gasteiger partial charge in [-0.15, -0.1) is 0 Å². The maximum Gasteiger partial charge on any atom is 0.0281 e. The van der Waals surface area contributed by atoms with Crippen molar-refractivity contribution < 1.29 is 0 Å². The summed E-state index contributed by atoms with van der Waals surface area (Å²) in [7, 11) is -0.373. The summed E-state index contributed by atoms with van der Waals surface area (Å²) < 4.78 is 2.77. The summed E-state index contributed by atoms with van der Waals surface area (Å²) in [5.74, 6) is 0.955. The molecule has 0 bridgehead atoms. The molecule has 1 heterocycles. The molecule has 2 aromatic carbocycles. The number of rotatable bonds is 8. The second-order valence-corrected chi connectivity index (χ2v) is 9.45. The monoisotopic (exact) mass is 353 g/mol. The van der Waals surface area contributed by atoms with Crippen molar-refractivity contribution >= 4 is 18.7 Å². The zero-order chi connectivity index (χ0) is 17.3. The fourth-order valence-corrected chi connectivity index (χ4v) is 6.37. The number of hydrogen-bond acceptors (Lipinski definition) is 1. The highest BCUT2D eigenvalue weighted by atomic mass is 31.1. The zero-order valence-electron chi connectivity index (χ0n) is 15.6. The van der Waals surface area contributed by atoms with Gasteiger partial charge in [0.15, 0.2) is 0 Å². The van der Waals surface area contributed by atoms with Gasteiger partial charge in [0, 0.05) is 21.2 Å². The van der Waals surface area contributed by atoms with Crippen molar-refractivity contribution in [3.63, 3.8) is 0 Å². The van der Waals surface area contributed by atoms with Crippen LogP contribution in [0.3, 0.4) is 0 Å². The second kappa shape index (κ2) is 10.1. The maximum absolute atomic E-state index is 2.77. The first kappa shape index (κ1) is 18.6. The summed E-state index contributed by atoms with van der Waals surface area (Å²) in [4.78, 5) is 0. The van der Waals surface area contributed by atoms with E-state index in [-0.39, 0.29) is 8.07 Å². The molecule has 3 rings (SSSR count). The van der Waals surface area contributed by atoms with Gasteiger partial charge in [0.05, 0.1) is 0 Å². The third-order valence-electron chi connectivity index (χ3n) is 5.34. The highest BCUT2D eigenvalue weighted by molar-refractivity contribution is 7.70. The van der Waals surface area contributed by atoms with E-state index in [2.05, 4.69) is 72.3 Å². The van der Waals surface area contributed by atoms with E-state index in [9.17, 15) is 0 Å². The Kier molecular flexibility index (Phi) is 7.52. The largest absolute Gasteiger partial charge is 0.275 e. The van der Waals surface area contributed by atoms with Gasteiger partial charge in [-0.3, -0.25) is 4.67 Å². The van der Waals surface area contributed by atoms with Crippen molar-refractivity contribution in [2.75, 3.05) is 13.1 Å². The van der Waals surface area contributed by atoms with Crippen LogP contribution in [-0.2, 0) is 0 Å². The maximum atomic E-state index is 2.77. The minimum absolute atomic E-state index is 0.373. The zero-order valence-corrected chi connectivity index (χ0v) is 16.5. The highest BCUT2D eigenvalue weighted by Gasteiger charge is 2.27. The molecule has 25 heavy (non-hydrogen) atoms. The molecular formula is C23H32NP. The molecule has 2 aromatic rings. The smallest absolute Gasteiger partial charge is 0.0281 e. The third-order valence-corrected chi connectivity index (χ3v) is 7.88. The van der Waals surface area contributed by atoms with Crippen LogP contribution in [0.15, 0.2) is 60.7 Å². The lowest BCUT2D eigenvalue weighted by atomic mass is 9.92. The SMILES string of the molecule is CCCCCCC1CCN(P(c2ccccc2)c2ccccc2)CC1. The molecule has 0 N–H and O–H groups in total. The van der Waals surface area contributed by atoms with E-state index in [1.807, 2.05) is 0 Å². The quantitative estimate of drug-likeness (QED) is 0.433. The van der Waals surface area contributed by atoms with Crippen LogP contribution in [0.25, 0.3) is 0 Å². The topological polar surface area (TPSA) is 3.24 Å². The Morgan fingerprint density at radius 3 is 1.88 bits per heavy atom. The van der Waals surface area contributed by atoms with E-state index in [1.54, 1.807) is 0 Å². The normalized spacial score (nSPS) is 16.4. The van der Waals surface area contributed by atoms with Crippen molar-refractivity contribution in [3.8, 4) is 0 Å². The van der Waals surface area contributed by atoms with E-state index >= 15 is 0 Å². The molecule has 0 aromatic heterocycles. The molecule has 0 amide bonds. The lowest BCUT2D eigenvalue weighted by Crippen LogP contribution is -2.35. The Bertz CT molecular complexity index is 551. The van der Waals surface area contributed by atoms with Gasteiger partial charge in [0.1, 0.15) is 0 Å². The van der Waals surface area contributed by atoms with Crippen LogP contribution < -0.4 is 10.6 Å². The lowest BCUT2D eigenvalue weighted by molar-refractivity contribution is 0.269. The summed E-state index contributed by atoms with van der Waals surface area (Å²) in [6, 6.07) is 22.3. The van der Waals surface area contributed by atoms with Crippen molar-refractivity contribution in [1.82, 2.24) is 4.67 Å². The molecule has 0 aliphatic carbocycles. The van der Waals surface area contributed by atoms with Gasteiger partial charge in [0.25, 0.3) is 0 Å². The minimum atomic E-state index is -0.373. The molecule has 0 spiro atoms. The van der Waals surface area contributed by atoms with Gasteiger partial charge in [0.2, 0.25) is 0 Å². The van der Waals surface area contributed by atoms with Crippen molar-refractivity contribution in [1.29, 1.82) is 0 Å². The summed E-state index contributed by atoms with van der Waals surface area (Å²) in [6.45, 7) is 4.82. The van der Waals surface area contributed by atoms with Crippen LogP contribution in [-0.4, -0.2) is 17.8 Å². The Morgan fingerprint density at radius 2 is 1.36 bits per heavy atom. The molecule has 0 unspecified atom stereocenters. The Balaban J connectivity index is 1.63. The number of unbranched alkanes of at least 4 members (excludes halogenated alkanes) is 3. The lowest BCUT2D eigenvalue weighted by Gasteiger charge is -2.38.